The van der Waals surface area contributed by atoms with E-state index in [2.05, 4.69) is 20.3 Å². The minimum Gasteiger partial charge on any atom is -0.321 e. The summed E-state index contributed by atoms with van der Waals surface area (Å²) in [5.74, 6) is -0.936. The molecular weight excluding hydrogens is 526 g/mol. The van der Waals surface area contributed by atoms with E-state index in [0.717, 1.165) is 0 Å². The molecule has 4 rings (SSSR count). The molecule has 0 radical (unpaired) electrons. The Labute approximate surface area is 224 Å². The number of nitrogens with one attached hydrogen (secondary N) is 1. The highest BCUT2D eigenvalue weighted by molar-refractivity contribution is 7.47. The molecule has 1 amide bonds. The molecule has 4 heterocycles. The first kappa shape index (κ1) is 28.2. The fourth-order valence-electron chi connectivity index (χ4n) is 3.78. The van der Waals surface area contributed by atoms with Crippen LogP contribution in [-0.4, -0.2) is 62.5 Å². The van der Waals surface area contributed by atoms with Gasteiger partial charge in [0.05, 0.1) is 18.5 Å². The Balaban J connectivity index is 1.69. The number of halogens is 1. The third-order valence-electron chi connectivity index (χ3n) is 5.48. The second kappa shape index (κ2) is 12.4. The number of phosphoric ester groups is 1. The summed E-state index contributed by atoms with van der Waals surface area (Å²) in [6.45, 7) is 1.89. The Kier molecular flexibility index (Phi) is 8.95. The van der Waals surface area contributed by atoms with Gasteiger partial charge in [-0.3, -0.25) is 18.8 Å². The summed E-state index contributed by atoms with van der Waals surface area (Å²) >= 11 is 0. The summed E-state index contributed by atoms with van der Waals surface area (Å²) in [6, 6.07) is 6.54. The predicted molar refractivity (Wildman–Crippen MR) is 145 cm³/mol. The number of rotatable bonds is 11. The van der Waals surface area contributed by atoms with Crippen molar-refractivity contribution in [3.05, 3.63) is 73.3 Å². The van der Waals surface area contributed by atoms with E-state index in [1.54, 1.807) is 43.7 Å². The van der Waals surface area contributed by atoms with E-state index in [9.17, 15) is 18.6 Å². The van der Waals surface area contributed by atoms with Crippen molar-refractivity contribution in [2.24, 2.45) is 0 Å². The van der Waals surface area contributed by atoms with Gasteiger partial charge in [-0.2, -0.15) is 4.39 Å². The molecule has 2 N–H and O–H groups in total. The third-order valence-corrected chi connectivity index (χ3v) is 6.51. The number of pyridine rings is 3. The van der Waals surface area contributed by atoms with Gasteiger partial charge in [0.15, 0.2) is 0 Å². The number of phosphoric acid groups is 1. The Morgan fingerprint density at radius 2 is 1.95 bits per heavy atom. The molecule has 0 aromatic carbocycles. The van der Waals surface area contributed by atoms with Crippen LogP contribution in [0.3, 0.4) is 0 Å². The number of aromatic nitrogens is 4. The van der Waals surface area contributed by atoms with Crippen LogP contribution < -0.4 is 5.32 Å². The number of amides is 1. The van der Waals surface area contributed by atoms with Gasteiger partial charge in [0, 0.05) is 65.6 Å². The van der Waals surface area contributed by atoms with E-state index in [4.69, 9.17) is 9.05 Å². The van der Waals surface area contributed by atoms with E-state index in [1.165, 1.54) is 29.1 Å². The highest BCUT2D eigenvalue weighted by Gasteiger charge is 2.22. The molecule has 11 nitrogen and oxygen atoms in total. The largest absolute Gasteiger partial charge is 0.473 e. The topological polar surface area (TPSA) is 132 Å². The molecule has 0 aliphatic heterocycles. The first-order valence-corrected chi connectivity index (χ1v) is 13.4. The Morgan fingerprint density at radius 3 is 2.69 bits per heavy atom. The fraction of sp³-hybridized carbons (Fsp3) is 0.231. The number of anilines is 1. The van der Waals surface area contributed by atoms with Crippen molar-refractivity contribution in [2.75, 3.05) is 32.6 Å². The first-order chi connectivity index (χ1) is 18.6. The van der Waals surface area contributed by atoms with Crippen molar-refractivity contribution in [1.82, 2.24) is 24.4 Å². The summed E-state index contributed by atoms with van der Waals surface area (Å²) < 4.78 is 37.4. The molecule has 4 aromatic rings. The van der Waals surface area contributed by atoms with Gasteiger partial charge in [0.25, 0.3) is 0 Å². The minimum absolute atomic E-state index is 0.00325. The molecule has 0 saturated heterocycles. The van der Waals surface area contributed by atoms with Gasteiger partial charge in [-0.25, -0.2) is 14.5 Å². The molecule has 0 aliphatic carbocycles. The van der Waals surface area contributed by atoms with Crippen LogP contribution in [-0.2, 0) is 25.1 Å². The normalized spacial score (nSPS) is 13.3. The summed E-state index contributed by atoms with van der Waals surface area (Å²) in [4.78, 5) is 36.5. The highest BCUT2D eigenvalue weighted by Crippen LogP contribution is 2.44. The second-order valence-corrected chi connectivity index (χ2v) is 10.2. The molecule has 0 fully saturated rings. The molecule has 204 valence electrons. The molecule has 4 aromatic heterocycles. The van der Waals surface area contributed by atoms with E-state index in [-0.39, 0.29) is 19.2 Å². The van der Waals surface area contributed by atoms with Crippen molar-refractivity contribution in [3.63, 3.8) is 0 Å². The summed E-state index contributed by atoms with van der Waals surface area (Å²) in [7, 11) is -0.448. The van der Waals surface area contributed by atoms with E-state index >= 15 is 0 Å². The first-order valence-electron chi connectivity index (χ1n) is 12.0. The van der Waals surface area contributed by atoms with Crippen molar-refractivity contribution in [3.8, 4) is 22.3 Å². The summed E-state index contributed by atoms with van der Waals surface area (Å²) in [5, 5.41) is 3.42. The van der Waals surface area contributed by atoms with Crippen LogP contribution in [0.2, 0.25) is 0 Å². The average Bonchev–Trinajstić information content (AvgIpc) is 3.25. The van der Waals surface area contributed by atoms with Crippen LogP contribution in [0.15, 0.2) is 67.4 Å². The van der Waals surface area contributed by atoms with Crippen LogP contribution >= 0.6 is 7.82 Å². The van der Waals surface area contributed by atoms with E-state index in [0.29, 0.717) is 45.5 Å². The van der Waals surface area contributed by atoms with Gasteiger partial charge < -0.3 is 19.7 Å². The number of likely N-dealkylation sites (N-methyl/N-ethyl adjacent to an activating group) is 1. The standard InChI is InChI=1S/C26H28FN6O5P/c1-4-37-39(35,36)38-17-33-16-23(18-7-8-29-24(27)12-18)22-11-20(14-30-26(22)33)19-10-21(15-28-13-19)31-25(34)6-5-9-32(2)3/h5-8,10-16H,4,9,17H2,1-3H3,(H,31,34)(H,35,36)/b6-5+. The Bertz CT molecular complexity index is 1560. The van der Waals surface area contributed by atoms with Crippen LogP contribution in [0, 0.1) is 5.95 Å². The lowest BCUT2D eigenvalue weighted by Crippen LogP contribution is -2.13. The smallest absolute Gasteiger partial charge is 0.321 e. The Morgan fingerprint density at radius 1 is 1.15 bits per heavy atom. The lowest BCUT2D eigenvalue weighted by molar-refractivity contribution is -0.111. The molecule has 13 heteroatoms. The maximum Gasteiger partial charge on any atom is 0.473 e. The van der Waals surface area contributed by atoms with Crippen molar-refractivity contribution < 1.29 is 27.7 Å². The van der Waals surface area contributed by atoms with Gasteiger partial charge in [-0.05, 0) is 44.8 Å². The van der Waals surface area contributed by atoms with E-state index in [1.807, 2.05) is 25.1 Å². The maximum absolute atomic E-state index is 14.0. The van der Waals surface area contributed by atoms with Crippen LogP contribution in [0.25, 0.3) is 33.3 Å². The van der Waals surface area contributed by atoms with Gasteiger partial charge in [0.2, 0.25) is 11.9 Å². The SMILES string of the molecule is CCOP(=O)(O)OCn1cc(-c2ccnc(F)c2)c2cc(-c3cncc(NC(=O)/C=C/CN(C)C)c3)cnc21. The predicted octanol–water partition coefficient (Wildman–Crippen LogP) is 4.47. The number of carbonyl (C=O) groups excluding carboxylic acids is 1. The van der Waals surface area contributed by atoms with Crippen LogP contribution in [0.4, 0.5) is 10.1 Å². The summed E-state index contributed by atoms with van der Waals surface area (Å²) in [5.41, 5.74) is 3.45. The molecular formula is C26H28FN6O5P. The van der Waals surface area contributed by atoms with Crippen molar-refractivity contribution >= 4 is 30.5 Å². The molecule has 1 atom stereocenters. The summed E-state index contributed by atoms with van der Waals surface area (Å²) in [6.07, 6.45) is 11.0. The molecule has 0 spiro atoms. The van der Waals surface area contributed by atoms with Gasteiger partial charge >= 0.3 is 7.82 Å². The second-order valence-electron chi connectivity index (χ2n) is 8.74. The van der Waals surface area contributed by atoms with Gasteiger partial charge in [-0.15, -0.1) is 0 Å². The number of hydrogen-bond acceptors (Lipinski definition) is 8. The van der Waals surface area contributed by atoms with Gasteiger partial charge in [0.1, 0.15) is 12.4 Å². The fourth-order valence-corrected chi connectivity index (χ4v) is 4.45. The quantitative estimate of drug-likeness (QED) is 0.157. The molecule has 1 unspecified atom stereocenters. The zero-order valence-electron chi connectivity index (χ0n) is 21.6. The van der Waals surface area contributed by atoms with Crippen LogP contribution in [0.5, 0.6) is 0 Å². The van der Waals surface area contributed by atoms with E-state index < -0.39 is 13.8 Å². The lowest BCUT2D eigenvalue weighted by Gasteiger charge is -2.11. The molecule has 0 bridgehead atoms. The van der Waals surface area contributed by atoms with Gasteiger partial charge in [-0.1, -0.05) is 6.08 Å². The Hall–Kier alpha value is -3.80. The number of hydrogen-bond donors (Lipinski definition) is 2. The molecule has 0 aliphatic rings. The monoisotopic (exact) mass is 554 g/mol. The molecule has 0 saturated carbocycles. The maximum atomic E-state index is 14.0. The number of carbonyl (C=O) groups is 1. The van der Waals surface area contributed by atoms with Crippen LogP contribution in [0.1, 0.15) is 6.92 Å². The molecule has 39 heavy (non-hydrogen) atoms. The lowest BCUT2D eigenvalue weighted by atomic mass is 10.0. The van der Waals surface area contributed by atoms with Crippen molar-refractivity contribution in [2.45, 2.75) is 13.7 Å². The zero-order chi connectivity index (χ0) is 28.0. The average molecular weight is 555 g/mol. The number of fused-ring (bicyclic) bond motifs is 1. The highest BCUT2D eigenvalue weighted by atomic mass is 31.2. The minimum atomic E-state index is -4.26. The third kappa shape index (κ3) is 7.41. The zero-order valence-corrected chi connectivity index (χ0v) is 22.5. The van der Waals surface area contributed by atoms with Crippen molar-refractivity contribution in [1.29, 1.82) is 0 Å². The number of nitrogens with zero attached hydrogens (tertiary/aromatic N) is 5.